The van der Waals surface area contributed by atoms with Crippen LogP contribution < -0.4 is 0 Å². The number of aromatic amines is 1. The lowest BCUT2D eigenvalue weighted by Gasteiger charge is -2.41. The van der Waals surface area contributed by atoms with E-state index in [0.29, 0.717) is 29.9 Å². The van der Waals surface area contributed by atoms with Crippen molar-refractivity contribution in [2.24, 2.45) is 0 Å². The van der Waals surface area contributed by atoms with Gasteiger partial charge in [0.15, 0.2) is 5.82 Å². The van der Waals surface area contributed by atoms with Gasteiger partial charge in [-0.2, -0.15) is 4.68 Å². The van der Waals surface area contributed by atoms with E-state index in [1.807, 2.05) is 29.2 Å². The van der Waals surface area contributed by atoms with Crippen LogP contribution in [-0.2, 0) is 22.7 Å². The zero-order valence-corrected chi connectivity index (χ0v) is 29.9. The first kappa shape index (κ1) is 33.7. The van der Waals surface area contributed by atoms with E-state index in [-0.39, 0.29) is 24.2 Å². The zero-order chi connectivity index (χ0) is 33.2. The largest absolute Gasteiger partial charge is 0.359 e. The van der Waals surface area contributed by atoms with E-state index in [1.54, 1.807) is 4.68 Å². The molecule has 0 spiro atoms. The number of carbonyl (C=O) groups is 1. The lowest BCUT2D eigenvalue weighted by molar-refractivity contribution is -0.130. The van der Waals surface area contributed by atoms with Crippen molar-refractivity contribution in [3.63, 3.8) is 0 Å². The maximum atomic E-state index is 15.1. The molecule has 5 rings (SSSR count). The second kappa shape index (κ2) is 13.6. The summed E-state index contributed by atoms with van der Waals surface area (Å²) in [6.07, 6.45) is 3.10. The second-order valence-electron chi connectivity index (χ2n) is 14.4. The van der Waals surface area contributed by atoms with E-state index < -0.39 is 33.8 Å². The first-order valence-corrected chi connectivity index (χ1v) is 23.3. The van der Waals surface area contributed by atoms with Gasteiger partial charge in [0.05, 0.1) is 11.6 Å². The molecule has 2 atom stereocenters. The van der Waals surface area contributed by atoms with Crippen LogP contribution in [0.5, 0.6) is 0 Å². The van der Waals surface area contributed by atoms with Gasteiger partial charge in [-0.15, -0.1) is 10.6 Å². The Labute approximate surface area is 271 Å². The van der Waals surface area contributed by atoms with Crippen LogP contribution in [0.25, 0.3) is 22.3 Å². The summed E-state index contributed by atoms with van der Waals surface area (Å²) in [5.74, 6) is 2.00. The number of carbonyl (C=O) groups excluding carboxylic acids is 1. The quantitative estimate of drug-likeness (QED) is 0.109. The summed E-state index contributed by atoms with van der Waals surface area (Å²) in [6, 6.07) is 10.3. The maximum Gasteiger partial charge on any atom is 0.298 e. The summed E-state index contributed by atoms with van der Waals surface area (Å²) < 4.78 is 37.1. The highest BCUT2D eigenvalue weighted by Crippen LogP contribution is 2.43. The highest BCUT2D eigenvalue weighted by molar-refractivity contribution is 6.84. The van der Waals surface area contributed by atoms with Crippen molar-refractivity contribution in [2.45, 2.75) is 96.7 Å². The van der Waals surface area contributed by atoms with Crippen LogP contribution in [0, 0.1) is 23.1 Å². The van der Waals surface area contributed by atoms with Gasteiger partial charge in [0.1, 0.15) is 26.4 Å². The number of H-pyrrole nitrogens is 1. The fourth-order valence-electron chi connectivity index (χ4n) is 5.87. The molecule has 12 heteroatoms. The Morgan fingerprint density at radius 3 is 2.52 bits per heavy atom. The summed E-state index contributed by atoms with van der Waals surface area (Å²) >= 11 is 0. The predicted molar refractivity (Wildman–Crippen MR) is 182 cm³/mol. The molecule has 1 aliphatic heterocycles. The van der Waals surface area contributed by atoms with Crippen molar-refractivity contribution in [2.75, 3.05) is 6.61 Å². The lowest BCUT2D eigenvalue weighted by Crippen LogP contribution is -2.47. The summed E-state index contributed by atoms with van der Waals surface area (Å²) in [7, 11) is -3.07. The van der Waals surface area contributed by atoms with Crippen LogP contribution in [0.1, 0.15) is 49.0 Å². The molecule has 1 amide bonds. The summed E-state index contributed by atoms with van der Waals surface area (Å²) in [6.45, 7) is 16.2. The number of tetrazole rings is 1. The molecule has 4 aromatic rings. The van der Waals surface area contributed by atoms with Gasteiger partial charge in [-0.25, -0.2) is 8.78 Å². The molecule has 3 heterocycles. The second-order valence-corrected chi connectivity index (χ2v) is 24.8. The molecule has 0 radical (unpaired) electrons. The first-order valence-electron chi connectivity index (χ1n) is 16.0. The highest BCUT2D eigenvalue weighted by Gasteiger charge is 2.40. The topological polar surface area (TPSA) is 88.9 Å². The van der Waals surface area contributed by atoms with Crippen LogP contribution in [0.4, 0.5) is 8.78 Å². The van der Waals surface area contributed by atoms with Crippen LogP contribution >= 0.6 is 0 Å². The fraction of sp³-hybridized carbons (Fsp3) is 0.471. The number of amides is 1. The summed E-state index contributed by atoms with van der Waals surface area (Å²) in [4.78, 5) is 19.1. The molecule has 0 bridgehead atoms. The molecule has 46 heavy (non-hydrogen) atoms. The number of hydrogen-bond donors (Lipinski definition) is 1. The van der Waals surface area contributed by atoms with Gasteiger partial charge in [-0.05, 0) is 52.4 Å². The van der Waals surface area contributed by atoms with Crippen molar-refractivity contribution in [1.82, 2.24) is 30.1 Å². The smallest absolute Gasteiger partial charge is 0.298 e. The van der Waals surface area contributed by atoms with Crippen molar-refractivity contribution >= 4 is 33.0 Å². The van der Waals surface area contributed by atoms with Crippen molar-refractivity contribution in [1.29, 1.82) is 0 Å². The Bertz CT molecular complexity index is 1760. The molecule has 0 aliphatic carbocycles. The molecule has 244 valence electrons. The van der Waals surface area contributed by atoms with E-state index in [9.17, 15) is 9.18 Å². The molecule has 1 aliphatic rings. The molecule has 0 fully saturated rings. The molecular weight excluding hydrogens is 619 g/mol. The van der Waals surface area contributed by atoms with E-state index >= 15 is 4.39 Å². The third-order valence-corrected chi connectivity index (χ3v) is 10.8. The number of rotatable bonds is 10. The third kappa shape index (κ3) is 7.65. The fourth-order valence-corrected chi connectivity index (χ4v) is 7.11. The van der Waals surface area contributed by atoms with Crippen molar-refractivity contribution in [3.8, 4) is 22.9 Å². The van der Waals surface area contributed by atoms with Gasteiger partial charge >= 0.3 is 0 Å². The van der Waals surface area contributed by atoms with Gasteiger partial charge in [-0.1, -0.05) is 83.3 Å². The number of unbranched alkanes of at least 4 members (excludes halogenated alkanes) is 1. The normalized spacial score (nSPS) is 16.8. The zero-order valence-electron chi connectivity index (χ0n) is 27.9. The lowest BCUT2D eigenvalue weighted by atomic mass is 9.86. The number of ether oxygens (including phenoxy) is 1. The van der Waals surface area contributed by atoms with E-state index in [2.05, 4.69) is 78.2 Å². The van der Waals surface area contributed by atoms with Crippen molar-refractivity contribution in [3.05, 3.63) is 64.9 Å². The summed E-state index contributed by atoms with van der Waals surface area (Å²) in [5, 5.41) is 12.8. The van der Waals surface area contributed by atoms with Crippen molar-refractivity contribution < 1.29 is 18.3 Å². The number of aromatic nitrogens is 5. The standard InChI is InChI=1S/C34H44F2N6O2Si2/c1-8-9-10-26-21-28-27-19-25(35)20-29(36)31(27)37-32(28)33(42(26)30(43)15-17-45(2,3)4)23-11-13-24(14-12-23)34-38-39-40-41(34)22-44-16-18-46(5,6)7/h11-14,19-20,26,33,37H,8-10,16,18,21-22H2,1-7H3/t26-,33-/m0/s1. The van der Waals surface area contributed by atoms with Gasteiger partial charge in [0.2, 0.25) is 0 Å². The Balaban J connectivity index is 1.56. The number of halogens is 2. The average Bonchev–Trinajstić information content (AvgIpc) is 3.60. The number of hydrogen-bond acceptors (Lipinski definition) is 5. The monoisotopic (exact) mass is 662 g/mol. The van der Waals surface area contributed by atoms with Gasteiger partial charge in [-0.3, -0.25) is 4.79 Å². The van der Waals surface area contributed by atoms with Crippen LogP contribution in [0.15, 0.2) is 36.4 Å². The Morgan fingerprint density at radius 1 is 1.11 bits per heavy atom. The third-order valence-electron chi connectivity index (χ3n) is 8.25. The van der Waals surface area contributed by atoms with Crippen LogP contribution in [0.2, 0.25) is 45.3 Å². The molecule has 0 unspecified atom stereocenters. The molecule has 2 aromatic heterocycles. The Hall–Kier alpha value is -3.67. The molecule has 8 nitrogen and oxygen atoms in total. The molecular formula is C34H44F2N6O2Si2. The highest BCUT2D eigenvalue weighted by atomic mass is 28.3. The SMILES string of the molecule is CCCC[C@H]1Cc2c([nH]c3c(F)cc(F)cc23)[C@H](c2ccc(-c3nnnn3COCC[Si](C)(C)C)cc2)N1C(=O)C#C[Si](C)(C)C. The van der Waals surface area contributed by atoms with Crippen LogP contribution in [0.3, 0.4) is 0 Å². The number of fused-ring (bicyclic) bond motifs is 3. The van der Waals surface area contributed by atoms with Gasteiger partial charge in [0, 0.05) is 43.4 Å². The minimum atomic E-state index is -1.85. The average molecular weight is 663 g/mol. The van der Waals surface area contributed by atoms with Crippen LogP contribution in [-0.4, -0.2) is 64.8 Å². The maximum absolute atomic E-state index is 15.1. The number of nitrogens with one attached hydrogen (secondary N) is 1. The Morgan fingerprint density at radius 2 is 1.85 bits per heavy atom. The van der Waals surface area contributed by atoms with E-state index in [0.717, 1.165) is 48.1 Å². The van der Waals surface area contributed by atoms with E-state index in [1.165, 1.54) is 6.07 Å². The number of benzene rings is 2. The number of nitrogens with zero attached hydrogens (tertiary/aromatic N) is 5. The molecule has 0 saturated carbocycles. The minimum Gasteiger partial charge on any atom is -0.359 e. The summed E-state index contributed by atoms with van der Waals surface area (Å²) in [5.41, 5.74) is 6.63. The predicted octanol–water partition coefficient (Wildman–Crippen LogP) is 7.33. The van der Waals surface area contributed by atoms with Gasteiger partial charge < -0.3 is 14.6 Å². The molecule has 0 saturated heterocycles. The Kier molecular flexibility index (Phi) is 9.96. The van der Waals surface area contributed by atoms with E-state index in [4.69, 9.17) is 4.74 Å². The molecule has 1 N–H and O–H groups in total. The molecule has 2 aromatic carbocycles. The minimum absolute atomic E-state index is 0.188. The first-order chi connectivity index (χ1) is 21.8. The van der Waals surface area contributed by atoms with Gasteiger partial charge in [0.25, 0.3) is 5.91 Å².